The lowest BCUT2D eigenvalue weighted by Gasteiger charge is -2.38. The van der Waals surface area contributed by atoms with E-state index in [0.29, 0.717) is 4.90 Å². The van der Waals surface area contributed by atoms with Crippen molar-refractivity contribution in [2.45, 2.75) is 75.8 Å². The summed E-state index contributed by atoms with van der Waals surface area (Å²) in [5, 5.41) is 0.0838. The molecule has 0 amide bonds. The fourth-order valence-electron chi connectivity index (χ4n) is 2.84. The average Bonchev–Trinajstić information content (AvgIpc) is 3.21. The van der Waals surface area contributed by atoms with E-state index in [1.165, 1.54) is 4.31 Å². The Balaban J connectivity index is 2.23. The third-order valence-corrected chi connectivity index (χ3v) is 11.9. The van der Waals surface area contributed by atoms with Crippen LogP contribution in [-0.2, 0) is 14.4 Å². The van der Waals surface area contributed by atoms with Gasteiger partial charge in [-0.15, -0.1) is 6.58 Å². The molecule has 4 nitrogen and oxygen atoms in total. The number of sulfonamides is 1. The molecule has 1 fully saturated rings. The second-order valence-electron chi connectivity index (χ2n) is 8.45. The molecular weight excluding hydrogens is 350 g/mol. The number of hydrogen-bond acceptors (Lipinski definition) is 3. The van der Waals surface area contributed by atoms with E-state index in [2.05, 4.69) is 40.4 Å². The summed E-state index contributed by atoms with van der Waals surface area (Å²) in [5.41, 5.74) is 1.04. The first kappa shape index (κ1) is 20.4. The van der Waals surface area contributed by atoms with Crippen molar-refractivity contribution >= 4 is 18.3 Å². The quantitative estimate of drug-likeness (QED) is 0.418. The van der Waals surface area contributed by atoms with Gasteiger partial charge >= 0.3 is 0 Å². The van der Waals surface area contributed by atoms with E-state index >= 15 is 0 Å². The van der Waals surface area contributed by atoms with Gasteiger partial charge in [0.05, 0.1) is 23.1 Å². The Bertz CT molecular complexity index is 735. The van der Waals surface area contributed by atoms with Crippen LogP contribution in [0.2, 0.25) is 18.1 Å². The molecule has 1 aliphatic heterocycles. The van der Waals surface area contributed by atoms with E-state index in [0.717, 1.165) is 5.56 Å². The monoisotopic (exact) mass is 381 g/mol. The summed E-state index contributed by atoms with van der Waals surface area (Å²) in [7, 11) is -5.50. The maximum absolute atomic E-state index is 13.0. The predicted molar refractivity (Wildman–Crippen MR) is 106 cm³/mol. The molecule has 1 aromatic rings. The van der Waals surface area contributed by atoms with Crippen LogP contribution in [0, 0.1) is 6.92 Å². The van der Waals surface area contributed by atoms with Crippen molar-refractivity contribution < 1.29 is 12.8 Å². The first-order valence-electron chi connectivity index (χ1n) is 8.73. The standard InChI is InChI=1S/C19H31NO3SSi/c1-9-17-18(15(3)23-25(7,8)19(4,5)6)20(17)24(21,22)16-12-10-14(2)11-13-16/h9-13,15,17-18H,1H2,2-8H3/t15-,17+,18+,20?/m1/s1. The minimum absolute atomic E-state index is 0.0838. The molecule has 0 aliphatic carbocycles. The molecule has 6 heteroatoms. The molecule has 25 heavy (non-hydrogen) atoms. The number of rotatable bonds is 6. The number of benzene rings is 1. The highest BCUT2D eigenvalue weighted by Gasteiger charge is 2.57. The van der Waals surface area contributed by atoms with Crippen LogP contribution in [-0.4, -0.2) is 39.2 Å². The van der Waals surface area contributed by atoms with E-state index < -0.39 is 18.3 Å². The maximum atomic E-state index is 13.0. The molecule has 0 aromatic heterocycles. The van der Waals surface area contributed by atoms with Gasteiger partial charge in [-0.3, -0.25) is 0 Å². The minimum atomic E-state index is -3.53. The molecular formula is C19H31NO3SSi. The number of aryl methyl sites for hydroxylation is 1. The third-order valence-electron chi connectivity index (χ3n) is 5.45. The molecule has 1 unspecified atom stereocenters. The van der Waals surface area contributed by atoms with Crippen molar-refractivity contribution in [3.05, 3.63) is 42.5 Å². The lowest BCUT2D eigenvalue weighted by molar-refractivity contribution is 0.188. The van der Waals surface area contributed by atoms with E-state index in [1.807, 2.05) is 26.0 Å². The molecule has 1 aromatic carbocycles. The van der Waals surface area contributed by atoms with E-state index in [9.17, 15) is 8.42 Å². The summed E-state index contributed by atoms with van der Waals surface area (Å²) in [5.74, 6) is 0. The fourth-order valence-corrected chi connectivity index (χ4v) is 6.08. The molecule has 1 aliphatic rings. The summed E-state index contributed by atoms with van der Waals surface area (Å²) in [4.78, 5) is 0.326. The summed E-state index contributed by atoms with van der Waals surface area (Å²) in [6, 6.07) is 6.59. The average molecular weight is 382 g/mol. The van der Waals surface area contributed by atoms with Crippen LogP contribution in [0.15, 0.2) is 41.8 Å². The van der Waals surface area contributed by atoms with E-state index in [1.54, 1.807) is 18.2 Å². The Morgan fingerprint density at radius 3 is 2.20 bits per heavy atom. The summed E-state index contributed by atoms with van der Waals surface area (Å²) < 4.78 is 33.9. The molecule has 0 radical (unpaired) electrons. The van der Waals surface area contributed by atoms with Gasteiger partial charge in [0.15, 0.2) is 8.32 Å². The zero-order valence-corrected chi connectivity index (χ0v) is 18.2. The molecule has 0 saturated carbocycles. The molecule has 2 rings (SSSR count). The fraction of sp³-hybridized carbons (Fsp3) is 0.579. The van der Waals surface area contributed by atoms with E-state index in [-0.39, 0.29) is 23.2 Å². The van der Waals surface area contributed by atoms with Gasteiger partial charge in [-0.05, 0) is 44.1 Å². The van der Waals surface area contributed by atoms with Crippen molar-refractivity contribution in [3.63, 3.8) is 0 Å². The largest absolute Gasteiger partial charge is 0.413 e. The van der Waals surface area contributed by atoms with Crippen LogP contribution >= 0.6 is 0 Å². The van der Waals surface area contributed by atoms with Gasteiger partial charge in [-0.1, -0.05) is 44.5 Å². The normalized spacial score (nSPS) is 25.5. The highest BCUT2D eigenvalue weighted by Crippen LogP contribution is 2.43. The molecule has 0 N–H and O–H groups in total. The lowest BCUT2D eigenvalue weighted by Crippen LogP contribution is -2.45. The first-order valence-corrected chi connectivity index (χ1v) is 13.1. The van der Waals surface area contributed by atoms with Crippen LogP contribution in [0.25, 0.3) is 0 Å². The van der Waals surface area contributed by atoms with Crippen LogP contribution in [0.3, 0.4) is 0 Å². The Hall–Kier alpha value is -0.953. The predicted octanol–water partition coefficient (Wildman–Crippen LogP) is 4.33. The molecule has 1 heterocycles. The van der Waals surface area contributed by atoms with Crippen LogP contribution in [0.1, 0.15) is 33.3 Å². The zero-order valence-electron chi connectivity index (χ0n) is 16.4. The molecule has 4 atom stereocenters. The van der Waals surface area contributed by atoms with Gasteiger partial charge in [0.25, 0.3) is 0 Å². The minimum Gasteiger partial charge on any atom is -0.413 e. The van der Waals surface area contributed by atoms with Crippen molar-refractivity contribution in [2.75, 3.05) is 0 Å². The molecule has 0 bridgehead atoms. The SMILES string of the molecule is C=C[C@H]1[C@H]([C@@H](C)O[Si](C)(C)C(C)(C)C)N1S(=O)(=O)c1ccc(C)cc1. The van der Waals surface area contributed by atoms with Crippen LogP contribution < -0.4 is 0 Å². The topological polar surface area (TPSA) is 46.4 Å². The summed E-state index contributed by atoms with van der Waals surface area (Å²) >= 11 is 0. The van der Waals surface area contributed by atoms with Crippen LogP contribution in [0.5, 0.6) is 0 Å². The first-order chi connectivity index (χ1) is 11.3. The van der Waals surface area contributed by atoms with Gasteiger partial charge in [0.2, 0.25) is 10.0 Å². The van der Waals surface area contributed by atoms with Gasteiger partial charge in [-0.2, -0.15) is 4.31 Å². The van der Waals surface area contributed by atoms with Gasteiger partial charge in [-0.25, -0.2) is 8.42 Å². The van der Waals surface area contributed by atoms with Crippen molar-refractivity contribution in [1.29, 1.82) is 0 Å². The second-order valence-corrected chi connectivity index (χ2v) is 15.0. The Morgan fingerprint density at radius 1 is 1.24 bits per heavy atom. The van der Waals surface area contributed by atoms with Crippen molar-refractivity contribution in [2.24, 2.45) is 0 Å². The van der Waals surface area contributed by atoms with Crippen molar-refractivity contribution in [1.82, 2.24) is 4.31 Å². The zero-order chi connectivity index (χ0) is 19.2. The second kappa shape index (κ2) is 6.65. The lowest BCUT2D eigenvalue weighted by atomic mass is 10.2. The Kier molecular flexibility index (Phi) is 5.41. The highest BCUT2D eigenvalue weighted by atomic mass is 32.2. The third kappa shape index (κ3) is 3.92. The summed E-state index contributed by atoms with van der Waals surface area (Å²) in [6.07, 6.45) is 1.55. The highest BCUT2D eigenvalue weighted by molar-refractivity contribution is 7.89. The van der Waals surface area contributed by atoms with Crippen molar-refractivity contribution in [3.8, 4) is 0 Å². The number of hydrogen-bond donors (Lipinski definition) is 0. The van der Waals surface area contributed by atoms with Gasteiger partial charge < -0.3 is 4.43 Å². The van der Waals surface area contributed by atoms with Gasteiger partial charge in [0, 0.05) is 0 Å². The Morgan fingerprint density at radius 2 is 1.76 bits per heavy atom. The molecule has 0 spiro atoms. The van der Waals surface area contributed by atoms with Gasteiger partial charge in [0.1, 0.15) is 0 Å². The van der Waals surface area contributed by atoms with E-state index in [4.69, 9.17) is 4.43 Å². The van der Waals surface area contributed by atoms with Crippen LogP contribution in [0.4, 0.5) is 0 Å². The smallest absolute Gasteiger partial charge is 0.244 e. The number of nitrogens with zero attached hydrogens (tertiary/aromatic N) is 1. The Labute approximate surface area is 154 Å². The molecule has 140 valence electrons. The maximum Gasteiger partial charge on any atom is 0.244 e. The molecule has 1 saturated heterocycles. The summed E-state index contributed by atoms with van der Waals surface area (Å²) in [6.45, 7) is 18.7.